The van der Waals surface area contributed by atoms with Crippen molar-refractivity contribution in [2.75, 3.05) is 6.54 Å². The van der Waals surface area contributed by atoms with E-state index in [4.69, 9.17) is 5.73 Å². The van der Waals surface area contributed by atoms with Crippen LogP contribution in [0.2, 0.25) is 0 Å². The van der Waals surface area contributed by atoms with Gasteiger partial charge in [0, 0.05) is 24.2 Å². The summed E-state index contributed by atoms with van der Waals surface area (Å²) < 4.78 is 26.8. The second-order valence-electron chi connectivity index (χ2n) is 6.71. The third-order valence-electron chi connectivity index (χ3n) is 4.78. The molecule has 9 heteroatoms. The van der Waals surface area contributed by atoms with E-state index in [0.717, 1.165) is 19.3 Å². The monoisotopic (exact) mass is 400 g/mol. The predicted octanol–water partition coefficient (Wildman–Crippen LogP) is 1.26. The molecular weight excluding hydrogens is 376 g/mol. The fourth-order valence-electron chi connectivity index (χ4n) is 3.50. The van der Waals surface area contributed by atoms with Crippen molar-refractivity contribution in [1.29, 1.82) is 0 Å². The van der Waals surface area contributed by atoms with Gasteiger partial charge in [0.25, 0.3) is 10.0 Å². The number of likely N-dealkylation sites (tertiary alicyclic amines) is 1. The van der Waals surface area contributed by atoms with Crippen LogP contribution in [0.15, 0.2) is 34.2 Å². The first kappa shape index (κ1) is 20.7. The van der Waals surface area contributed by atoms with Gasteiger partial charge in [-0.2, -0.15) is 0 Å². The molecule has 3 atom stereocenters. The third-order valence-corrected chi connectivity index (χ3v) is 6.18. The van der Waals surface area contributed by atoms with E-state index in [9.17, 15) is 13.2 Å². The van der Waals surface area contributed by atoms with E-state index >= 15 is 0 Å². The molecule has 26 heavy (non-hydrogen) atoms. The van der Waals surface area contributed by atoms with Crippen molar-refractivity contribution in [3.05, 3.63) is 29.8 Å². The number of halogens is 1. The zero-order valence-corrected chi connectivity index (χ0v) is 16.5. The lowest BCUT2D eigenvalue weighted by Gasteiger charge is -2.38. The van der Waals surface area contributed by atoms with E-state index in [1.807, 2.05) is 6.92 Å². The highest BCUT2D eigenvalue weighted by Gasteiger charge is 2.34. The van der Waals surface area contributed by atoms with E-state index in [-0.39, 0.29) is 41.1 Å². The molecule has 0 aliphatic carbocycles. The highest BCUT2D eigenvalue weighted by atomic mass is 35.5. The van der Waals surface area contributed by atoms with Crippen LogP contribution >= 0.6 is 12.4 Å². The molecule has 0 radical (unpaired) electrons. The summed E-state index contributed by atoms with van der Waals surface area (Å²) in [7, 11) is -3.60. The lowest BCUT2D eigenvalue weighted by Crippen LogP contribution is -2.53. The number of sulfonamides is 1. The Morgan fingerprint density at radius 3 is 2.69 bits per heavy atom. The Labute approximate surface area is 160 Å². The second kappa shape index (κ2) is 7.94. The maximum atomic E-state index is 12.9. The molecule has 2 heterocycles. The largest absolute Gasteiger partial charge is 0.336 e. The van der Waals surface area contributed by atoms with Gasteiger partial charge in [-0.3, -0.25) is 14.5 Å². The van der Waals surface area contributed by atoms with Crippen LogP contribution < -0.4 is 10.5 Å². The van der Waals surface area contributed by atoms with Crippen LogP contribution in [0.25, 0.3) is 0 Å². The van der Waals surface area contributed by atoms with Gasteiger partial charge in [-0.15, -0.1) is 12.4 Å². The quantitative estimate of drug-likeness (QED) is 0.796. The number of benzene rings is 1. The highest BCUT2D eigenvalue weighted by Crippen LogP contribution is 2.24. The van der Waals surface area contributed by atoms with Gasteiger partial charge in [0.2, 0.25) is 5.91 Å². The molecule has 0 saturated carbocycles. The smallest absolute Gasteiger partial charge is 0.263 e. The van der Waals surface area contributed by atoms with Crippen molar-refractivity contribution in [3.63, 3.8) is 0 Å². The van der Waals surface area contributed by atoms with Gasteiger partial charge in [-0.05, 0) is 45.2 Å². The van der Waals surface area contributed by atoms with Crippen LogP contribution in [0.5, 0.6) is 0 Å². The number of hydrogen-bond acceptors (Lipinski definition) is 5. The fraction of sp³-hybridized carbons (Fsp3) is 0.529. The summed E-state index contributed by atoms with van der Waals surface area (Å²) in [5.74, 6) is 0.115. The third kappa shape index (κ3) is 3.87. The molecule has 3 N–H and O–H groups in total. The first-order chi connectivity index (χ1) is 11.8. The van der Waals surface area contributed by atoms with Crippen LogP contribution in [-0.2, 0) is 14.8 Å². The lowest BCUT2D eigenvalue weighted by molar-refractivity contribution is -0.136. The fourth-order valence-corrected chi connectivity index (χ4v) is 4.74. The van der Waals surface area contributed by atoms with E-state index in [0.29, 0.717) is 12.1 Å². The first-order valence-corrected chi connectivity index (χ1v) is 10.1. The minimum atomic E-state index is -3.60. The minimum Gasteiger partial charge on any atom is -0.336 e. The molecule has 0 bridgehead atoms. The van der Waals surface area contributed by atoms with Crippen LogP contribution in [0.4, 0.5) is 0 Å². The molecule has 0 aromatic heterocycles. The standard InChI is InChI=1S/C17H24N4O3S.ClH/c1-11(18)14-8-5-6-10-21(14)17(22)12(2)19-16-13-7-3-4-9-15(13)25(23,24)20-16;/h3-4,7,9,11-12,14H,5-6,8,10,18H2,1-2H3,(H,19,20);1H. The topological polar surface area (TPSA) is 105 Å². The molecular formula is C17H25ClN4O3S. The summed E-state index contributed by atoms with van der Waals surface area (Å²) in [4.78, 5) is 19.2. The van der Waals surface area contributed by atoms with Crippen LogP contribution in [0.3, 0.4) is 0 Å². The molecule has 3 unspecified atom stereocenters. The van der Waals surface area contributed by atoms with E-state index in [2.05, 4.69) is 9.71 Å². The maximum Gasteiger partial charge on any atom is 0.263 e. The predicted molar refractivity (Wildman–Crippen MR) is 103 cm³/mol. The van der Waals surface area contributed by atoms with Gasteiger partial charge in [0.15, 0.2) is 0 Å². The number of aliphatic imine (C=N–C) groups is 1. The van der Waals surface area contributed by atoms with Crippen molar-refractivity contribution < 1.29 is 13.2 Å². The second-order valence-corrected chi connectivity index (χ2v) is 8.36. The lowest BCUT2D eigenvalue weighted by atomic mass is 9.96. The average molecular weight is 401 g/mol. The summed E-state index contributed by atoms with van der Waals surface area (Å²) in [5.41, 5.74) is 6.54. The Kier molecular flexibility index (Phi) is 6.31. The number of nitrogens with two attached hydrogens (primary N) is 1. The Bertz CT molecular complexity index is 810. The van der Waals surface area contributed by atoms with Crippen molar-refractivity contribution in [1.82, 2.24) is 9.62 Å². The van der Waals surface area contributed by atoms with Crippen molar-refractivity contribution in [2.24, 2.45) is 10.7 Å². The van der Waals surface area contributed by atoms with Crippen LogP contribution in [0.1, 0.15) is 38.7 Å². The molecule has 3 rings (SSSR count). The summed E-state index contributed by atoms with van der Waals surface area (Å²) >= 11 is 0. The highest BCUT2D eigenvalue weighted by molar-refractivity contribution is 7.90. The minimum absolute atomic E-state index is 0. The normalized spacial score (nSPS) is 25.0. The zero-order valence-electron chi connectivity index (χ0n) is 14.9. The van der Waals surface area contributed by atoms with Gasteiger partial charge in [-0.1, -0.05) is 12.1 Å². The molecule has 2 aliphatic rings. The number of nitrogens with zero attached hydrogens (tertiary/aromatic N) is 2. The maximum absolute atomic E-state index is 12.9. The van der Waals surface area contributed by atoms with E-state index in [1.165, 1.54) is 6.07 Å². The number of carbonyl (C=O) groups excluding carboxylic acids is 1. The summed E-state index contributed by atoms with van der Waals surface area (Å²) in [6.45, 7) is 4.27. The molecule has 1 amide bonds. The van der Waals surface area contributed by atoms with Gasteiger partial charge < -0.3 is 10.6 Å². The number of carbonyl (C=O) groups is 1. The van der Waals surface area contributed by atoms with Gasteiger partial charge in [0.05, 0.1) is 4.90 Å². The molecule has 2 aliphatic heterocycles. The van der Waals surface area contributed by atoms with Crippen LogP contribution in [0, 0.1) is 0 Å². The Morgan fingerprint density at radius 1 is 1.31 bits per heavy atom. The summed E-state index contributed by atoms with van der Waals surface area (Å²) in [6, 6.07) is 5.86. The van der Waals surface area contributed by atoms with E-state index < -0.39 is 16.1 Å². The SMILES string of the molecule is CC(N=C1NS(=O)(=O)c2ccccc21)C(=O)N1CCCCC1C(C)N.Cl. The number of amidine groups is 1. The Hall–Kier alpha value is -1.64. The number of hydrogen-bond donors (Lipinski definition) is 2. The van der Waals surface area contributed by atoms with Crippen molar-refractivity contribution >= 4 is 34.2 Å². The number of rotatable bonds is 3. The zero-order chi connectivity index (χ0) is 18.2. The first-order valence-electron chi connectivity index (χ1n) is 8.57. The summed E-state index contributed by atoms with van der Waals surface area (Å²) in [5, 5.41) is 0. The molecule has 7 nitrogen and oxygen atoms in total. The van der Waals surface area contributed by atoms with Gasteiger partial charge in [-0.25, -0.2) is 8.42 Å². The molecule has 1 aromatic carbocycles. The number of amides is 1. The van der Waals surface area contributed by atoms with Gasteiger partial charge >= 0.3 is 0 Å². The number of fused-ring (bicyclic) bond motifs is 1. The van der Waals surface area contributed by atoms with Crippen LogP contribution in [-0.4, -0.2) is 49.7 Å². The Balaban J connectivity index is 0.00000243. The average Bonchev–Trinajstić information content (AvgIpc) is 2.85. The Morgan fingerprint density at radius 2 is 2.00 bits per heavy atom. The molecule has 1 fully saturated rings. The van der Waals surface area contributed by atoms with Crippen molar-refractivity contribution in [3.8, 4) is 0 Å². The molecule has 0 spiro atoms. The van der Waals surface area contributed by atoms with Gasteiger partial charge in [0.1, 0.15) is 11.9 Å². The number of piperidine rings is 1. The summed E-state index contributed by atoms with van der Waals surface area (Å²) in [6.07, 6.45) is 2.90. The molecule has 144 valence electrons. The molecule has 1 aromatic rings. The number of nitrogens with one attached hydrogen (secondary N) is 1. The van der Waals surface area contributed by atoms with E-state index in [1.54, 1.807) is 30.0 Å². The molecule has 1 saturated heterocycles. The van der Waals surface area contributed by atoms with Crippen molar-refractivity contribution in [2.45, 2.75) is 56.1 Å².